The number of hydrogen-bond donors (Lipinski definition) is 2. The number of halogens is 2. The van der Waals surface area contributed by atoms with Crippen molar-refractivity contribution in [1.82, 2.24) is 4.57 Å². The van der Waals surface area contributed by atoms with Crippen molar-refractivity contribution < 1.29 is 14.3 Å². The number of nitrogens with one attached hydrogen (secondary N) is 1. The third kappa shape index (κ3) is 3.76. The highest BCUT2D eigenvalue weighted by Gasteiger charge is 2.24. The Morgan fingerprint density at radius 3 is 2.41 bits per heavy atom. The minimum Gasteiger partial charge on any atom is -0.464 e. The van der Waals surface area contributed by atoms with Gasteiger partial charge in [-0.05, 0) is 24.3 Å². The van der Waals surface area contributed by atoms with Crippen molar-refractivity contribution in [1.29, 1.82) is 5.26 Å². The lowest BCUT2D eigenvalue weighted by atomic mass is 10.1. The van der Waals surface area contributed by atoms with E-state index >= 15 is 0 Å². The van der Waals surface area contributed by atoms with Crippen LogP contribution in [0.15, 0.2) is 48.7 Å². The molecule has 0 saturated carbocycles. The molecule has 3 rings (SSSR count). The van der Waals surface area contributed by atoms with Gasteiger partial charge in [0.05, 0.1) is 45.3 Å². The molecule has 0 fully saturated rings. The number of nitrogen functional groups attached to an aromatic ring is 1. The summed E-state index contributed by atoms with van der Waals surface area (Å²) in [5.41, 5.74) is 6.70. The molecule has 0 atom stereocenters. The van der Waals surface area contributed by atoms with Crippen LogP contribution in [-0.2, 0) is 4.74 Å². The molecule has 0 radical (unpaired) electrons. The molecule has 0 aliphatic heterocycles. The Hall–Kier alpha value is -3.47. The molecular formula is C20H14Cl2N4O3. The largest absolute Gasteiger partial charge is 0.464 e. The van der Waals surface area contributed by atoms with Crippen LogP contribution < -0.4 is 11.1 Å². The number of esters is 1. The predicted molar refractivity (Wildman–Crippen MR) is 111 cm³/mol. The normalized spacial score (nSPS) is 10.3. The average molecular weight is 429 g/mol. The average Bonchev–Trinajstić information content (AvgIpc) is 3.06. The van der Waals surface area contributed by atoms with Crippen LogP contribution in [0.1, 0.15) is 26.4 Å². The molecule has 9 heteroatoms. The number of ether oxygens (including phenoxy) is 1. The zero-order valence-electron chi connectivity index (χ0n) is 15.1. The molecule has 1 heterocycles. The number of amides is 1. The van der Waals surface area contributed by atoms with Crippen molar-refractivity contribution in [3.63, 3.8) is 0 Å². The molecule has 3 N–H and O–H groups in total. The number of methoxy groups -OCH3 is 1. The Morgan fingerprint density at radius 1 is 1.14 bits per heavy atom. The fourth-order valence-corrected chi connectivity index (χ4v) is 3.27. The first kappa shape index (κ1) is 20.3. The molecule has 0 bridgehead atoms. The van der Waals surface area contributed by atoms with E-state index in [4.69, 9.17) is 33.7 Å². The van der Waals surface area contributed by atoms with Crippen molar-refractivity contribution in [2.45, 2.75) is 0 Å². The maximum Gasteiger partial charge on any atom is 0.357 e. The summed E-state index contributed by atoms with van der Waals surface area (Å²) in [6, 6.07) is 13.3. The summed E-state index contributed by atoms with van der Waals surface area (Å²) in [6.07, 6.45) is 1.37. The quantitative estimate of drug-likeness (QED) is 0.602. The molecule has 146 valence electrons. The molecule has 0 spiro atoms. The number of carbonyl (C=O) groups is 2. The number of nitriles is 1. The third-order valence-electron chi connectivity index (χ3n) is 4.15. The van der Waals surface area contributed by atoms with E-state index in [0.717, 1.165) is 0 Å². The third-order valence-corrected chi connectivity index (χ3v) is 4.78. The highest BCUT2D eigenvalue weighted by molar-refractivity contribution is 6.40. The molecule has 29 heavy (non-hydrogen) atoms. The van der Waals surface area contributed by atoms with Crippen LogP contribution in [-0.4, -0.2) is 23.6 Å². The van der Waals surface area contributed by atoms with E-state index in [9.17, 15) is 14.9 Å². The van der Waals surface area contributed by atoms with E-state index in [-0.39, 0.29) is 38.2 Å². The number of benzene rings is 2. The van der Waals surface area contributed by atoms with Gasteiger partial charge >= 0.3 is 5.97 Å². The molecule has 3 aromatic rings. The minimum absolute atomic E-state index is 0.0382. The predicted octanol–water partition coefficient (Wildman–Crippen LogP) is 4.28. The van der Waals surface area contributed by atoms with Crippen molar-refractivity contribution in [3.05, 3.63) is 75.5 Å². The Labute approximate surface area is 176 Å². The van der Waals surface area contributed by atoms with Crippen LogP contribution in [0.2, 0.25) is 10.0 Å². The van der Waals surface area contributed by atoms with Crippen LogP contribution in [0, 0.1) is 11.3 Å². The second kappa shape index (κ2) is 8.27. The number of aromatic nitrogens is 1. The van der Waals surface area contributed by atoms with Gasteiger partial charge in [-0.1, -0.05) is 41.4 Å². The van der Waals surface area contributed by atoms with E-state index < -0.39 is 11.9 Å². The lowest BCUT2D eigenvalue weighted by Gasteiger charge is -2.14. The molecular weight excluding hydrogens is 415 g/mol. The number of para-hydroxylation sites is 2. The van der Waals surface area contributed by atoms with Gasteiger partial charge in [0.15, 0.2) is 5.69 Å². The first-order valence-corrected chi connectivity index (χ1v) is 8.98. The molecule has 1 aromatic heterocycles. The van der Waals surface area contributed by atoms with E-state index in [1.54, 1.807) is 42.5 Å². The van der Waals surface area contributed by atoms with E-state index in [2.05, 4.69) is 5.32 Å². The standard InChI is InChI=1S/C20H14Cl2N4O3/c1-29-20(28)18-16(24)11(9-23)10-26(18)15-8-3-2-5-12(15)19(27)25-17-13(21)6-4-7-14(17)22/h2-8,10H,24H2,1H3,(H,25,27). The second-order valence-corrected chi connectivity index (χ2v) is 6.66. The van der Waals surface area contributed by atoms with Crippen LogP contribution in [0.3, 0.4) is 0 Å². The summed E-state index contributed by atoms with van der Waals surface area (Å²) in [6.45, 7) is 0. The maximum absolute atomic E-state index is 13.0. The molecule has 0 aliphatic rings. The van der Waals surface area contributed by atoms with Crippen LogP contribution in [0.25, 0.3) is 5.69 Å². The number of nitrogens with zero attached hydrogens (tertiary/aromatic N) is 2. The maximum atomic E-state index is 13.0. The van der Waals surface area contributed by atoms with Gasteiger partial charge in [0.1, 0.15) is 6.07 Å². The number of anilines is 2. The van der Waals surface area contributed by atoms with Crippen LogP contribution in [0.4, 0.5) is 11.4 Å². The molecule has 0 saturated heterocycles. The second-order valence-electron chi connectivity index (χ2n) is 5.85. The Bertz CT molecular complexity index is 1140. The fourth-order valence-electron chi connectivity index (χ4n) is 2.78. The lowest BCUT2D eigenvalue weighted by molar-refractivity contribution is 0.0592. The topological polar surface area (TPSA) is 110 Å². The first-order valence-electron chi connectivity index (χ1n) is 8.23. The number of rotatable bonds is 4. The van der Waals surface area contributed by atoms with Gasteiger partial charge in [0.2, 0.25) is 0 Å². The monoisotopic (exact) mass is 428 g/mol. The highest BCUT2D eigenvalue weighted by Crippen LogP contribution is 2.31. The zero-order chi connectivity index (χ0) is 21.1. The van der Waals surface area contributed by atoms with Crippen LogP contribution in [0.5, 0.6) is 0 Å². The minimum atomic E-state index is -0.742. The van der Waals surface area contributed by atoms with E-state index in [0.29, 0.717) is 5.69 Å². The summed E-state index contributed by atoms with van der Waals surface area (Å²) >= 11 is 12.3. The molecule has 1 amide bonds. The van der Waals surface area contributed by atoms with Gasteiger partial charge in [-0.15, -0.1) is 0 Å². The van der Waals surface area contributed by atoms with Crippen molar-refractivity contribution in [2.24, 2.45) is 0 Å². The Kier molecular flexibility index (Phi) is 5.78. The summed E-state index contributed by atoms with van der Waals surface area (Å²) in [5.74, 6) is -1.26. The Balaban J connectivity index is 2.13. The molecule has 0 unspecified atom stereocenters. The van der Waals surface area contributed by atoms with Gasteiger partial charge in [0, 0.05) is 6.20 Å². The molecule has 7 nitrogen and oxygen atoms in total. The van der Waals surface area contributed by atoms with Crippen LogP contribution >= 0.6 is 23.2 Å². The number of hydrogen-bond acceptors (Lipinski definition) is 5. The van der Waals surface area contributed by atoms with Crippen molar-refractivity contribution in [3.8, 4) is 11.8 Å². The summed E-state index contributed by atoms with van der Waals surface area (Å²) in [5, 5.41) is 12.5. The number of carbonyl (C=O) groups excluding carboxylic acids is 2. The van der Waals surface area contributed by atoms with E-state index in [1.165, 1.54) is 17.9 Å². The van der Waals surface area contributed by atoms with Gasteiger partial charge in [-0.3, -0.25) is 4.79 Å². The van der Waals surface area contributed by atoms with E-state index in [1.807, 2.05) is 6.07 Å². The summed E-state index contributed by atoms with van der Waals surface area (Å²) in [7, 11) is 1.20. The smallest absolute Gasteiger partial charge is 0.357 e. The van der Waals surface area contributed by atoms with Crippen molar-refractivity contribution in [2.75, 3.05) is 18.2 Å². The first-order chi connectivity index (χ1) is 13.9. The van der Waals surface area contributed by atoms with Gasteiger partial charge in [-0.2, -0.15) is 5.26 Å². The van der Waals surface area contributed by atoms with Gasteiger partial charge in [-0.25, -0.2) is 4.79 Å². The fraction of sp³-hybridized carbons (Fsp3) is 0.0500. The Morgan fingerprint density at radius 2 is 1.79 bits per heavy atom. The van der Waals surface area contributed by atoms with Crippen molar-refractivity contribution >= 4 is 46.5 Å². The molecule has 0 aliphatic carbocycles. The molecule has 2 aromatic carbocycles. The highest BCUT2D eigenvalue weighted by atomic mass is 35.5. The van der Waals surface area contributed by atoms with Gasteiger partial charge < -0.3 is 20.4 Å². The number of nitrogens with two attached hydrogens (primary N) is 1. The SMILES string of the molecule is COC(=O)c1c(N)c(C#N)cn1-c1ccccc1C(=O)Nc1c(Cl)cccc1Cl. The summed E-state index contributed by atoms with van der Waals surface area (Å²) in [4.78, 5) is 25.2. The zero-order valence-corrected chi connectivity index (χ0v) is 16.6. The van der Waals surface area contributed by atoms with Gasteiger partial charge in [0.25, 0.3) is 5.91 Å². The summed E-state index contributed by atoms with van der Waals surface area (Å²) < 4.78 is 6.13. The lowest BCUT2D eigenvalue weighted by Crippen LogP contribution is -2.17.